The van der Waals surface area contributed by atoms with Crippen molar-refractivity contribution >= 4 is 38.9 Å². The molecule has 33 heavy (non-hydrogen) atoms. The second kappa shape index (κ2) is 9.55. The Kier molecular flexibility index (Phi) is 7.17. The van der Waals surface area contributed by atoms with Gasteiger partial charge in [-0.25, -0.2) is 4.79 Å². The molecule has 8 heteroatoms. The maximum Gasteiger partial charge on any atom is 0.435 e. The van der Waals surface area contributed by atoms with E-state index in [0.717, 1.165) is 21.0 Å². The van der Waals surface area contributed by atoms with Gasteiger partial charge in [-0.15, -0.1) is 0 Å². The maximum absolute atomic E-state index is 12.6. The molecule has 0 aliphatic rings. The molecule has 0 fully saturated rings. The number of carbonyl (C=O) groups is 2. The number of halogens is 1. The summed E-state index contributed by atoms with van der Waals surface area (Å²) in [6.45, 7) is 11.2. The van der Waals surface area contributed by atoms with Gasteiger partial charge in [0.05, 0.1) is 18.1 Å². The predicted octanol–water partition coefficient (Wildman–Crippen LogP) is 6.05. The van der Waals surface area contributed by atoms with Crippen molar-refractivity contribution in [2.45, 2.75) is 65.8 Å². The third-order valence-corrected chi connectivity index (χ3v) is 5.04. The Hall–Kier alpha value is -2.87. The van der Waals surface area contributed by atoms with Gasteiger partial charge in [0.2, 0.25) is 0 Å². The molecule has 0 aliphatic heterocycles. The lowest BCUT2D eigenvalue weighted by molar-refractivity contribution is -0.153. The van der Waals surface area contributed by atoms with E-state index in [0.29, 0.717) is 11.3 Å². The van der Waals surface area contributed by atoms with Gasteiger partial charge < -0.3 is 14.2 Å². The smallest absolute Gasteiger partial charge is 0.435 e. The van der Waals surface area contributed by atoms with Gasteiger partial charge in [-0.05, 0) is 65.3 Å². The number of hydrogen-bond acceptors (Lipinski definition) is 6. The van der Waals surface area contributed by atoms with Gasteiger partial charge in [0.25, 0.3) is 0 Å². The van der Waals surface area contributed by atoms with Crippen LogP contribution in [0.25, 0.3) is 10.9 Å². The van der Waals surface area contributed by atoms with Crippen molar-refractivity contribution in [3.8, 4) is 5.75 Å². The van der Waals surface area contributed by atoms with Gasteiger partial charge in [-0.1, -0.05) is 34.1 Å². The summed E-state index contributed by atoms with van der Waals surface area (Å²) in [6, 6.07) is 11.1. The number of carbonyl (C=O) groups excluding carboxylic acids is 2. The number of rotatable bonds is 5. The van der Waals surface area contributed by atoms with Crippen LogP contribution in [-0.2, 0) is 27.3 Å². The number of nitrogens with zero attached hydrogens (tertiary/aromatic N) is 2. The van der Waals surface area contributed by atoms with E-state index in [9.17, 15) is 9.59 Å². The molecule has 0 aliphatic carbocycles. The molecule has 7 nitrogen and oxygen atoms in total. The summed E-state index contributed by atoms with van der Waals surface area (Å²) < 4.78 is 19.0. The first-order valence-electron chi connectivity index (χ1n) is 10.6. The van der Waals surface area contributed by atoms with Gasteiger partial charge in [0.15, 0.2) is 0 Å². The molecule has 0 spiro atoms. The lowest BCUT2D eigenvalue weighted by Gasteiger charge is -2.20. The highest BCUT2D eigenvalue weighted by Crippen LogP contribution is 2.28. The average Bonchev–Trinajstić information content (AvgIpc) is 3.09. The largest absolute Gasteiger partial charge is 0.489 e. The van der Waals surface area contributed by atoms with Crippen LogP contribution >= 0.6 is 15.9 Å². The van der Waals surface area contributed by atoms with Gasteiger partial charge in [0.1, 0.15) is 23.6 Å². The lowest BCUT2D eigenvalue weighted by atomic mass is 10.1. The van der Waals surface area contributed by atoms with Crippen molar-refractivity contribution in [3.05, 3.63) is 58.2 Å². The van der Waals surface area contributed by atoms with E-state index in [2.05, 4.69) is 21.0 Å². The maximum atomic E-state index is 12.6. The highest BCUT2D eigenvalue weighted by Gasteiger charge is 2.21. The number of para-hydroxylation sites is 1. The van der Waals surface area contributed by atoms with Crippen LogP contribution in [0.5, 0.6) is 5.75 Å². The third-order valence-electron chi connectivity index (χ3n) is 4.39. The van der Waals surface area contributed by atoms with Gasteiger partial charge in [-0.3, -0.25) is 4.79 Å². The topological polar surface area (TPSA) is 79.7 Å². The van der Waals surface area contributed by atoms with E-state index >= 15 is 0 Å². The minimum absolute atomic E-state index is 0.113. The molecule has 0 amide bonds. The van der Waals surface area contributed by atoms with Crippen molar-refractivity contribution in [2.75, 3.05) is 0 Å². The summed E-state index contributed by atoms with van der Waals surface area (Å²) in [7, 11) is 0. The van der Waals surface area contributed by atoms with Crippen LogP contribution in [0.15, 0.2) is 47.1 Å². The molecule has 0 atom stereocenters. The van der Waals surface area contributed by atoms with Crippen molar-refractivity contribution in [1.82, 2.24) is 9.78 Å². The number of esters is 1. The standard InChI is InChI=1S/C25H29BrN2O5/c1-24(2,3)32-22(29)13-17-9-7-8-10-21(17)31-15-16-11-19(26)18-14-27-28(20(18)12-16)23(30)33-25(4,5)6/h7-12,14H,13,15H2,1-6H3. The Bertz CT molecular complexity index is 1170. The first kappa shape index (κ1) is 24.8. The third kappa shape index (κ3) is 6.81. The summed E-state index contributed by atoms with van der Waals surface area (Å²) in [5.41, 5.74) is 0.994. The van der Waals surface area contributed by atoms with Crippen LogP contribution in [-0.4, -0.2) is 33.0 Å². The Morgan fingerprint density at radius 2 is 1.67 bits per heavy atom. The highest BCUT2D eigenvalue weighted by atomic mass is 79.9. The summed E-state index contributed by atoms with van der Waals surface area (Å²) in [4.78, 5) is 24.9. The molecule has 3 aromatic rings. The van der Waals surface area contributed by atoms with E-state index in [4.69, 9.17) is 14.2 Å². The van der Waals surface area contributed by atoms with Gasteiger partial charge in [-0.2, -0.15) is 9.78 Å². The van der Waals surface area contributed by atoms with Crippen LogP contribution in [0, 0.1) is 0 Å². The van der Waals surface area contributed by atoms with E-state index in [1.807, 2.05) is 57.2 Å². The molecule has 1 aromatic heterocycles. The van der Waals surface area contributed by atoms with Crippen molar-refractivity contribution in [3.63, 3.8) is 0 Å². The zero-order valence-corrected chi connectivity index (χ0v) is 21.4. The highest BCUT2D eigenvalue weighted by molar-refractivity contribution is 9.10. The number of ether oxygens (including phenoxy) is 3. The number of aromatic nitrogens is 2. The van der Waals surface area contributed by atoms with E-state index in [1.165, 1.54) is 4.68 Å². The molecule has 176 valence electrons. The average molecular weight is 517 g/mol. The molecule has 0 radical (unpaired) electrons. The summed E-state index contributed by atoms with van der Waals surface area (Å²) >= 11 is 3.55. The molecule has 0 unspecified atom stereocenters. The van der Waals surface area contributed by atoms with E-state index in [-0.39, 0.29) is 19.0 Å². The van der Waals surface area contributed by atoms with E-state index in [1.54, 1.807) is 27.0 Å². The van der Waals surface area contributed by atoms with Crippen LogP contribution in [0.1, 0.15) is 52.7 Å². The monoisotopic (exact) mass is 516 g/mol. The molecule has 0 N–H and O–H groups in total. The van der Waals surface area contributed by atoms with Crippen LogP contribution in [0.4, 0.5) is 4.79 Å². The zero-order chi connectivity index (χ0) is 24.4. The molecule has 1 heterocycles. The second-order valence-corrected chi connectivity index (χ2v) is 10.6. The molecule has 0 bridgehead atoms. The number of fused-ring (bicyclic) bond motifs is 1. The first-order chi connectivity index (χ1) is 15.3. The summed E-state index contributed by atoms with van der Waals surface area (Å²) in [6.07, 6.45) is 1.18. The van der Waals surface area contributed by atoms with Gasteiger partial charge >= 0.3 is 12.1 Å². The van der Waals surface area contributed by atoms with Crippen LogP contribution < -0.4 is 4.74 Å². The van der Waals surface area contributed by atoms with Crippen molar-refractivity contribution in [1.29, 1.82) is 0 Å². The van der Waals surface area contributed by atoms with Crippen molar-refractivity contribution in [2.24, 2.45) is 0 Å². The fraction of sp³-hybridized carbons (Fsp3) is 0.400. The van der Waals surface area contributed by atoms with Crippen molar-refractivity contribution < 1.29 is 23.8 Å². The summed E-state index contributed by atoms with van der Waals surface area (Å²) in [5, 5.41) is 4.98. The molecule has 2 aromatic carbocycles. The van der Waals surface area contributed by atoms with E-state index < -0.39 is 17.3 Å². The predicted molar refractivity (Wildman–Crippen MR) is 129 cm³/mol. The Labute approximate surface area is 202 Å². The Morgan fingerprint density at radius 3 is 2.33 bits per heavy atom. The Morgan fingerprint density at radius 1 is 1.00 bits per heavy atom. The molecule has 0 saturated heterocycles. The first-order valence-corrected chi connectivity index (χ1v) is 11.4. The number of hydrogen-bond donors (Lipinski definition) is 0. The summed E-state index contributed by atoms with van der Waals surface area (Å²) in [5.74, 6) is 0.282. The quantitative estimate of drug-likeness (QED) is 0.384. The lowest BCUT2D eigenvalue weighted by Crippen LogP contribution is -2.27. The normalized spacial score (nSPS) is 12.0. The Balaban J connectivity index is 1.80. The minimum Gasteiger partial charge on any atom is -0.489 e. The molecule has 0 saturated carbocycles. The van der Waals surface area contributed by atoms with Gasteiger partial charge in [0, 0.05) is 15.4 Å². The zero-order valence-electron chi connectivity index (χ0n) is 19.8. The second-order valence-electron chi connectivity index (χ2n) is 9.71. The minimum atomic E-state index is -0.634. The SMILES string of the molecule is CC(C)(C)OC(=O)Cc1ccccc1OCc1cc(Br)c2cnn(C(=O)OC(C)(C)C)c2c1. The molecular formula is C25H29BrN2O5. The fourth-order valence-electron chi connectivity index (χ4n) is 3.16. The fourth-order valence-corrected chi connectivity index (χ4v) is 3.76. The van der Waals surface area contributed by atoms with Crippen LogP contribution in [0.3, 0.4) is 0 Å². The molecule has 3 rings (SSSR count). The number of benzene rings is 2. The molecular weight excluding hydrogens is 488 g/mol. The van der Waals surface area contributed by atoms with Crippen LogP contribution in [0.2, 0.25) is 0 Å².